The number of aryl methyl sites for hydroxylation is 1. The Hall–Kier alpha value is -2.30. The second-order valence-electron chi connectivity index (χ2n) is 5.45. The van der Waals surface area contributed by atoms with E-state index in [2.05, 4.69) is 10.3 Å². The van der Waals surface area contributed by atoms with E-state index >= 15 is 0 Å². The maximum absolute atomic E-state index is 11.8. The largest absolute Gasteiger partial charge is 0.494 e. The molecule has 5 heteroatoms. The van der Waals surface area contributed by atoms with E-state index in [1.54, 1.807) is 6.20 Å². The average molecular weight is 316 g/mol. The van der Waals surface area contributed by atoms with Crippen LogP contribution in [0.2, 0.25) is 0 Å². The Morgan fingerprint density at radius 2 is 2.04 bits per heavy atom. The lowest BCUT2D eigenvalue weighted by molar-refractivity contribution is -0.121. The molecule has 1 heterocycles. The van der Waals surface area contributed by atoms with Crippen LogP contribution in [0, 0.1) is 0 Å². The number of benzene rings is 1. The normalized spacial score (nSPS) is 12.0. The van der Waals surface area contributed by atoms with Crippen LogP contribution in [0.3, 0.4) is 0 Å². The molecule has 1 aromatic carbocycles. The molecule has 0 aliphatic carbocycles. The molecule has 0 aliphatic rings. The fourth-order valence-corrected chi connectivity index (χ4v) is 2.11. The van der Waals surface area contributed by atoms with Crippen molar-refractivity contribution in [1.29, 1.82) is 0 Å². The topological polar surface area (TPSA) is 64.4 Å². The summed E-state index contributed by atoms with van der Waals surface area (Å²) in [6, 6.07) is 7.88. The van der Waals surface area contributed by atoms with Crippen LogP contribution in [0.25, 0.3) is 11.3 Å². The van der Waals surface area contributed by atoms with Crippen LogP contribution >= 0.6 is 0 Å². The van der Waals surface area contributed by atoms with Crippen molar-refractivity contribution in [2.75, 3.05) is 6.61 Å². The molecule has 0 bridgehead atoms. The van der Waals surface area contributed by atoms with Crippen LogP contribution in [-0.2, 0) is 11.2 Å². The Bertz CT molecular complexity index is 619. The van der Waals surface area contributed by atoms with Crippen molar-refractivity contribution in [3.8, 4) is 17.1 Å². The molecule has 2 aromatic rings. The van der Waals surface area contributed by atoms with Crippen molar-refractivity contribution in [3.05, 3.63) is 36.4 Å². The van der Waals surface area contributed by atoms with Gasteiger partial charge in [-0.15, -0.1) is 0 Å². The van der Waals surface area contributed by atoms with E-state index in [1.807, 2.05) is 45.0 Å². The maximum Gasteiger partial charge on any atom is 0.220 e. The fraction of sp³-hybridized carbons (Fsp3) is 0.444. The zero-order valence-electron chi connectivity index (χ0n) is 14.0. The summed E-state index contributed by atoms with van der Waals surface area (Å²) in [7, 11) is 0. The SMILES string of the molecule is CCOc1ccc(-c2cnc(CCC(=O)N[C@@H](C)CC)o2)cc1. The Morgan fingerprint density at radius 3 is 2.70 bits per heavy atom. The van der Waals surface area contributed by atoms with Gasteiger partial charge in [-0.05, 0) is 44.5 Å². The first-order chi connectivity index (χ1) is 11.1. The molecule has 124 valence electrons. The highest BCUT2D eigenvalue weighted by Crippen LogP contribution is 2.23. The molecule has 0 radical (unpaired) electrons. The Labute approximate surface area is 137 Å². The lowest BCUT2D eigenvalue weighted by Gasteiger charge is -2.10. The van der Waals surface area contributed by atoms with Crippen LogP contribution in [0.5, 0.6) is 5.75 Å². The van der Waals surface area contributed by atoms with Crippen molar-refractivity contribution in [2.24, 2.45) is 0 Å². The molecule has 1 amide bonds. The summed E-state index contributed by atoms with van der Waals surface area (Å²) in [4.78, 5) is 16.0. The molecule has 5 nitrogen and oxygen atoms in total. The van der Waals surface area contributed by atoms with Gasteiger partial charge in [0.05, 0.1) is 12.8 Å². The summed E-state index contributed by atoms with van der Waals surface area (Å²) >= 11 is 0. The average Bonchev–Trinajstić information content (AvgIpc) is 3.03. The van der Waals surface area contributed by atoms with Gasteiger partial charge >= 0.3 is 0 Å². The monoisotopic (exact) mass is 316 g/mol. The molecule has 0 spiro atoms. The van der Waals surface area contributed by atoms with Gasteiger partial charge in [0, 0.05) is 24.4 Å². The number of ether oxygens (including phenoxy) is 1. The van der Waals surface area contributed by atoms with Gasteiger partial charge in [-0.25, -0.2) is 4.98 Å². The lowest BCUT2D eigenvalue weighted by atomic mass is 10.2. The third kappa shape index (κ3) is 5.13. The van der Waals surface area contributed by atoms with Gasteiger partial charge in [0.2, 0.25) is 5.91 Å². The fourth-order valence-electron chi connectivity index (χ4n) is 2.11. The van der Waals surface area contributed by atoms with Crippen LogP contribution in [0.4, 0.5) is 0 Å². The number of nitrogens with one attached hydrogen (secondary N) is 1. The number of rotatable bonds is 8. The van der Waals surface area contributed by atoms with E-state index in [1.165, 1.54) is 0 Å². The van der Waals surface area contributed by atoms with E-state index in [-0.39, 0.29) is 11.9 Å². The van der Waals surface area contributed by atoms with E-state index < -0.39 is 0 Å². The van der Waals surface area contributed by atoms with Gasteiger partial charge in [0.25, 0.3) is 0 Å². The van der Waals surface area contributed by atoms with Gasteiger partial charge in [0.15, 0.2) is 11.7 Å². The molecule has 0 saturated heterocycles. The number of amides is 1. The number of aromatic nitrogens is 1. The molecular formula is C18H24N2O3. The number of hydrogen-bond acceptors (Lipinski definition) is 4. The van der Waals surface area contributed by atoms with Crippen LogP contribution in [-0.4, -0.2) is 23.5 Å². The molecule has 0 saturated carbocycles. The third-order valence-electron chi connectivity index (χ3n) is 3.59. The summed E-state index contributed by atoms with van der Waals surface area (Å²) in [6.07, 6.45) is 3.50. The predicted octanol–water partition coefficient (Wildman–Crippen LogP) is 3.59. The van der Waals surface area contributed by atoms with Crippen LogP contribution in [0.15, 0.2) is 34.9 Å². The highest BCUT2D eigenvalue weighted by molar-refractivity contribution is 5.76. The summed E-state index contributed by atoms with van der Waals surface area (Å²) in [5.74, 6) is 2.14. The zero-order chi connectivity index (χ0) is 16.7. The summed E-state index contributed by atoms with van der Waals surface area (Å²) in [5, 5.41) is 2.93. The first-order valence-corrected chi connectivity index (χ1v) is 8.09. The number of carbonyl (C=O) groups is 1. The van der Waals surface area contributed by atoms with Crippen molar-refractivity contribution in [2.45, 2.75) is 46.1 Å². The minimum absolute atomic E-state index is 0.0279. The maximum atomic E-state index is 11.8. The van der Waals surface area contributed by atoms with E-state index in [0.29, 0.717) is 31.1 Å². The minimum atomic E-state index is 0.0279. The van der Waals surface area contributed by atoms with Gasteiger partial charge < -0.3 is 14.5 Å². The minimum Gasteiger partial charge on any atom is -0.494 e. The van der Waals surface area contributed by atoms with Gasteiger partial charge in [-0.1, -0.05) is 6.92 Å². The van der Waals surface area contributed by atoms with Crippen molar-refractivity contribution in [1.82, 2.24) is 10.3 Å². The molecular weight excluding hydrogens is 292 g/mol. The van der Waals surface area contributed by atoms with Gasteiger partial charge in [-0.2, -0.15) is 0 Å². The van der Waals surface area contributed by atoms with Crippen LogP contribution < -0.4 is 10.1 Å². The highest BCUT2D eigenvalue weighted by atomic mass is 16.5. The van der Waals surface area contributed by atoms with Gasteiger partial charge in [-0.3, -0.25) is 4.79 Å². The van der Waals surface area contributed by atoms with Gasteiger partial charge in [0.1, 0.15) is 5.75 Å². The quantitative estimate of drug-likeness (QED) is 0.808. The Kier molecular flexibility index (Phi) is 6.20. The molecule has 1 aromatic heterocycles. The first kappa shape index (κ1) is 17.1. The Morgan fingerprint density at radius 1 is 1.30 bits per heavy atom. The number of nitrogens with zero attached hydrogens (tertiary/aromatic N) is 1. The molecule has 0 fully saturated rings. The van der Waals surface area contributed by atoms with E-state index in [9.17, 15) is 4.79 Å². The molecule has 23 heavy (non-hydrogen) atoms. The van der Waals surface area contributed by atoms with E-state index in [0.717, 1.165) is 17.7 Å². The molecule has 1 N–H and O–H groups in total. The van der Waals surface area contributed by atoms with Crippen molar-refractivity contribution in [3.63, 3.8) is 0 Å². The standard InChI is InChI=1S/C18H24N2O3/c1-4-13(3)20-17(21)10-11-18-19-12-16(23-18)14-6-8-15(9-7-14)22-5-2/h6-9,12-13H,4-5,10-11H2,1-3H3,(H,20,21)/t13-/m0/s1. The Balaban J connectivity index is 1.91. The molecule has 2 rings (SSSR count). The highest BCUT2D eigenvalue weighted by Gasteiger charge is 2.10. The number of hydrogen-bond donors (Lipinski definition) is 1. The molecule has 1 atom stereocenters. The molecule has 0 unspecified atom stereocenters. The summed E-state index contributed by atoms with van der Waals surface area (Å²) in [6.45, 7) is 6.63. The van der Waals surface area contributed by atoms with Crippen LogP contribution in [0.1, 0.15) is 39.5 Å². The zero-order valence-corrected chi connectivity index (χ0v) is 14.0. The third-order valence-corrected chi connectivity index (χ3v) is 3.59. The number of oxazole rings is 1. The smallest absolute Gasteiger partial charge is 0.220 e. The second-order valence-corrected chi connectivity index (χ2v) is 5.45. The number of carbonyl (C=O) groups excluding carboxylic acids is 1. The summed E-state index contributed by atoms with van der Waals surface area (Å²) in [5.41, 5.74) is 0.941. The van der Waals surface area contributed by atoms with E-state index in [4.69, 9.17) is 9.15 Å². The van der Waals surface area contributed by atoms with Crippen molar-refractivity contribution < 1.29 is 13.9 Å². The van der Waals surface area contributed by atoms with Crippen molar-refractivity contribution >= 4 is 5.91 Å². The predicted molar refractivity (Wildman–Crippen MR) is 89.3 cm³/mol. The second kappa shape index (κ2) is 8.36. The lowest BCUT2D eigenvalue weighted by Crippen LogP contribution is -2.32. The summed E-state index contributed by atoms with van der Waals surface area (Å²) < 4.78 is 11.1. The molecule has 0 aliphatic heterocycles. The first-order valence-electron chi connectivity index (χ1n) is 8.09.